The number of carbonyl (C=O) groups excluding carboxylic acids is 1. The van der Waals surface area contributed by atoms with Crippen molar-refractivity contribution in [1.29, 1.82) is 0 Å². The van der Waals surface area contributed by atoms with Crippen molar-refractivity contribution < 1.29 is 9.32 Å². The van der Waals surface area contributed by atoms with E-state index in [1.54, 1.807) is 41.2 Å². The minimum absolute atomic E-state index is 0.257. The highest BCUT2D eigenvalue weighted by atomic mass is 35.5. The molecule has 0 radical (unpaired) electrons. The van der Waals surface area contributed by atoms with Gasteiger partial charge in [-0.2, -0.15) is 10.1 Å². The predicted octanol–water partition coefficient (Wildman–Crippen LogP) is 4.48. The molecule has 1 aromatic carbocycles. The van der Waals surface area contributed by atoms with Crippen molar-refractivity contribution in [1.82, 2.24) is 24.9 Å². The summed E-state index contributed by atoms with van der Waals surface area (Å²) < 4.78 is 6.90. The van der Waals surface area contributed by atoms with Gasteiger partial charge in [0.2, 0.25) is 0 Å². The predicted molar refractivity (Wildman–Crippen MR) is 113 cm³/mol. The number of carbonyl (C=O) groups is 1. The van der Waals surface area contributed by atoms with Crippen LogP contribution in [0.2, 0.25) is 5.02 Å². The Labute approximate surface area is 177 Å². The van der Waals surface area contributed by atoms with Crippen LogP contribution in [0.15, 0.2) is 53.3 Å². The van der Waals surface area contributed by atoms with E-state index in [0.29, 0.717) is 39.5 Å². The average molecular weight is 423 g/mol. The van der Waals surface area contributed by atoms with Crippen LogP contribution < -0.4 is 5.32 Å². The summed E-state index contributed by atoms with van der Waals surface area (Å²) in [6.07, 6.45) is 4.88. The van der Waals surface area contributed by atoms with Gasteiger partial charge in [0.15, 0.2) is 11.6 Å². The third-order valence-corrected chi connectivity index (χ3v) is 4.76. The quantitative estimate of drug-likeness (QED) is 0.491. The van der Waals surface area contributed by atoms with Crippen molar-refractivity contribution in [2.24, 2.45) is 0 Å². The van der Waals surface area contributed by atoms with E-state index in [1.165, 1.54) is 6.20 Å². The Balaban J connectivity index is 1.52. The van der Waals surface area contributed by atoms with Gasteiger partial charge in [0.05, 0.1) is 23.0 Å². The van der Waals surface area contributed by atoms with E-state index >= 15 is 0 Å². The van der Waals surface area contributed by atoms with Crippen LogP contribution in [0.25, 0.3) is 17.3 Å². The van der Waals surface area contributed by atoms with Crippen molar-refractivity contribution in [2.45, 2.75) is 26.7 Å². The SMILES string of the molecule is CCCc1noc(-c2ccc(-n3ncc(C(=O)Nc4ccc(Cl)cc4)c3C)nc2)n1. The standard InChI is InChI=1S/C21H19ClN6O2/c1-3-4-18-26-21(30-27-18)14-5-10-19(23-11-14)28-13(2)17(12-24-28)20(29)25-16-8-6-15(22)7-9-16/h5-12H,3-4H2,1-2H3,(H,25,29). The molecule has 1 amide bonds. The number of aromatic nitrogens is 5. The van der Waals surface area contributed by atoms with Crippen LogP contribution in [0.3, 0.4) is 0 Å². The van der Waals surface area contributed by atoms with Crippen LogP contribution in [0.4, 0.5) is 5.69 Å². The Bertz CT molecular complexity index is 1170. The highest BCUT2D eigenvalue weighted by Gasteiger charge is 2.16. The van der Waals surface area contributed by atoms with Crippen LogP contribution >= 0.6 is 11.6 Å². The normalized spacial score (nSPS) is 10.9. The third-order valence-electron chi connectivity index (χ3n) is 4.51. The van der Waals surface area contributed by atoms with Gasteiger partial charge in [-0.1, -0.05) is 23.7 Å². The number of halogens is 1. The number of benzene rings is 1. The maximum absolute atomic E-state index is 12.6. The summed E-state index contributed by atoms with van der Waals surface area (Å²) >= 11 is 5.88. The zero-order chi connectivity index (χ0) is 21.1. The number of nitrogens with zero attached hydrogens (tertiary/aromatic N) is 5. The van der Waals surface area contributed by atoms with Crippen LogP contribution in [-0.2, 0) is 6.42 Å². The molecule has 0 aliphatic carbocycles. The first-order valence-corrected chi connectivity index (χ1v) is 9.84. The lowest BCUT2D eigenvalue weighted by atomic mass is 10.2. The maximum atomic E-state index is 12.6. The molecule has 4 aromatic rings. The maximum Gasteiger partial charge on any atom is 0.259 e. The topological polar surface area (TPSA) is 98.7 Å². The number of nitrogens with one attached hydrogen (secondary N) is 1. The van der Waals surface area contributed by atoms with Crippen molar-refractivity contribution in [3.05, 3.63) is 70.9 Å². The highest BCUT2D eigenvalue weighted by Crippen LogP contribution is 2.20. The zero-order valence-corrected chi connectivity index (χ0v) is 17.2. The first-order valence-electron chi connectivity index (χ1n) is 9.46. The summed E-state index contributed by atoms with van der Waals surface area (Å²) in [4.78, 5) is 21.4. The number of pyridine rings is 1. The van der Waals surface area contributed by atoms with Gasteiger partial charge in [0, 0.05) is 23.3 Å². The van der Waals surface area contributed by atoms with Gasteiger partial charge in [-0.25, -0.2) is 9.67 Å². The summed E-state index contributed by atoms with van der Waals surface area (Å²) in [6.45, 7) is 3.87. The van der Waals surface area contributed by atoms with Gasteiger partial charge in [-0.3, -0.25) is 4.79 Å². The molecule has 0 aliphatic heterocycles. The Kier molecular flexibility index (Phi) is 5.58. The smallest absolute Gasteiger partial charge is 0.259 e. The Morgan fingerprint density at radius 1 is 1.17 bits per heavy atom. The van der Waals surface area contributed by atoms with E-state index in [4.69, 9.17) is 16.1 Å². The molecule has 8 nitrogen and oxygen atoms in total. The van der Waals surface area contributed by atoms with Crippen LogP contribution in [0.5, 0.6) is 0 Å². The number of anilines is 1. The lowest BCUT2D eigenvalue weighted by molar-refractivity contribution is 0.102. The minimum Gasteiger partial charge on any atom is -0.334 e. The first-order chi connectivity index (χ1) is 14.5. The Hall–Kier alpha value is -3.52. The summed E-state index contributed by atoms with van der Waals surface area (Å²) in [5, 5.41) is 11.7. The molecule has 4 rings (SSSR count). The van der Waals surface area contributed by atoms with E-state index in [1.807, 2.05) is 13.0 Å². The summed E-state index contributed by atoms with van der Waals surface area (Å²) in [7, 11) is 0. The molecular formula is C21H19ClN6O2. The lowest BCUT2D eigenvalue weighted by Crippen LogP contribution is -2.13. The fourth-order valence-corrected chi connectivity index (χ4v) is 3.06. The molecule has 0 atom stereocenters. The van der Waals surface area contributed by atoms with Gasteiger partial charge < -0.3 is 9.84 Å². The van der Waals surface area contributed by atoms with Gasteiger partial charge in [0.25, 0.3) is 11.8 Å². The minimum atomic E-state index is -0.257. The van der Waals surface area contributed by atoms with E-state index in [2.05, 4.69) is 32.5 Å². The summed E-state index contributed by atoms with van der Waals surface area (Å²) in [6, 6.07) is 10.5. The number of aryl methyl sites for hydroxylation is 1. The fraction of sp³-hybridized carbons (Fsp3) is 0.190. The van der Waals surface area contributed by atoms with Gasteiger partial charge in [-0.05, 0) is 49.7 Å². The molecule has 0 aliphatic rings. The van der Waals surface area contributed by atoms with Crippen molar-refractivity contribution in [3.63, 3.8) is 0 Å². The first kappa shape index (κ1) is 19.8. The molecule has 0 spiro atoms. The number of amides is 1. The van der Waals surface area contributed by atoms with Gasteiger partial charge in [-0.15, -0.1) is 0 Å². The highest BCUT2D eigenvalue weighted by molar-refractivity contribution is 6.30. The van der Waals surface area contributed by atoms with E-state index < -0.39 is 0 Å². The second-order valence-corrected chi connectivity index (χ2v) is 7.12. The molecular weight excluding hydrogens is 404 g/mol. The number of hydrogen-bond donors (Lipinski definition) is 1. The summed E-state index contributed by atoms with van der Waals surface area (Å²) in [5.74, 6) is 1.43. The zero-order valence-electron chi connectivity index (χ0n) is 16.5. The fourth-order valence-electron chi connectivity index (χ4n) is 2.93. The van der Waals surface area contributed by atoms with Crippen molar-refractivity contribution >= 4 is 23.2 Å². The molecule has 0 bridgehead atoms. The van der Waals surface area contributed by atoms with Crippen LogP contribution in [0.1, 0.15) is 35.2 Å². The second-order valence-electron chi connectivity index (χ2n) is 6.69. The molecule has 9 heteroatoms. The summed E-state index contributed by atoms with van der Waals surface area (Å²) in [5.41, 5.74) is 2.50. The third kappa shape index (κ3) is 4.08. The molecule has 3 aromatic heterocycles. The largest absolute Gasteiger partial charge is 0.334 e. The molecule has 0 saturated heterocycles. The van der Waals surface area contributed by atoms with Crippen molar-refractivity contribution in [3.8, 4) is 17.3 Å². The average Bonchev–Trinajstić information content (AvgIpc) is 3.37. The molecule has 0 unspecified atom stereocenters. The van der Waals surface area contributed by atoms with E-state index in [0.717, 1.165) is 18.4 Å². The molecule has 3 heterocycles. The molecule has 1 N–H and O–H groups in total. The second kappa shape index (κ2) is 8.46. The molecule has 0 saturated carbocycles. The van der Waals surface area contributed by atoms with Gasteiger partial charge >= 0.3 is 0 Å². The molecule has 152 valence electrons. The Morgan fingerprint density at radius 3 is 2.67 bits per heavy atom. The van der Waals surface area contributed by atoms with Crippen LogP contribution in [-0.4, -0.2) is 30.8 Å². The monoisotopic (exact) mass is 422 g/mol. The van der Waals surface area contributed by atoms with Gasteiger partial charge in [0.1, 0.15) is 0 Å². The number of hydrogen-bond acceptors (Lipinski definition) is 6. The lowest BCUT2D eigenvalue weighted by Gasteiger charge is -2.06. The Morgan fingerprint density at radius 2 is 1.97 bits per heavy atom. The van der Waals surface area contributed by atoms with E-state index in [-0.39, 0.29) is 5.91 Å². The molecule has 30 heavy (non-hydrogen) atoms. The van der Waals surface area contributed by atoms with Crippen LogP contribution in [0, 0.1) is 6.92 Å². The van der Waals surface area contributed by atoms with E-state index in [9.17, 15) is 4.79 Å². The van der Waals surface area contributed by atoms with Crippen molar-refractivity contribution in [2.75, 3.05) is 5.32 Å². The molecule has 0 fully saturated rings. The number of rotatable bonds is 6.